The van der Waals surface area contributed by atoms with Crippen LogP contribution < -0.4 is 19.7 Å². The van der Waals surface area contributed by atoms with Crippen LogP contribution in [0.3, 0.4) is 0 Å². The predicted octanol–water partition coefficient (Wildman–Crippen LogP) is 4.75. The number of hydrogen-bond donors (Lipinski definition) is 0. The highest BCUT2D eigenvalue weighted by atomic mass is 32.2. The summed E-state index contributed by atoms with van der Waals surface area (Å²) in [5.74, 6) is -0.0447. The Morgan fingerprint density at radius 1 is 1.00 bits per heavy atom. The van der Waals surface area contributed by atoms with Gasteiger partial charge in [-0.1, -0.05) is 71.9 Å². The number of aromatic nitrogens is 1. The molecule has 0 N–H and O–H groups in total. The standard InChI is InChI=1S/C27H24N2O2S2/c1-5-29-25(31)24(33-26(29)17(3)22(30)19-12-10-16(2)11-13-19)27-28(4)21-15-14-18-8-6-7-9-20(18)23(21)32-27/h6-15H,5H2,1-4H3/b26-17+,27-24-. The summed E-state index contributed by atoms with van der Waals surface area (Å²) in [6, 6.07) is 20.1. The molecule has 4 aromatic rings. The number of rotatable bonds is 3. The van der Waals surface area contributed by atoms with Gasteiger partial charge in [-0.15, -0.1) is 11.3 Å². The Morgan fingerprint density at radius 2 is 1.73 bits per heavy atom. The second kappa shape index (κ2) is 8.36. The van der Waals surface area contributed by atoms with Gasteiger partial charge < -0.3 is 4.90 Å². The first kappa shape index (κ1) is 21.7. The summed E-state index contributed by atoms with van der Waals surface area (Å²) in [7, 11) is 2.01. The lowest BCUT2D eigenvalue weighted by Crippen LogP contribution is -2.34. The molecule has 0 saturated heterocycles. The van der Waals surface area contributed by atoms with Crippen LogP contribution in [0.15, 0.2) is 70.4 Å². The van der Waals surface area contributed by atoms with Gasteiger partial charge in [0.1, 0.15) is 14.2 Å². The quantitative estimate of drug-likeness (QED) is 0.404. The van der Waals surface area contributed by atoms with Gasteiger partial charge in [0.15, 0.2) is 5.78 Å². The van der Waals surface area contributed by atoms with Crippen molar-refractivity contribution in [3.63, 3.8) is 0 Å². The Balaban J connectivity index is 1.71. The molecule has 6 heteroatoms. The Kier molecular flexibility index (Phi) is 5.51. The van der Waals surface area contributed by atoms with Crippen LogP contribution in [0.25, 0.3) is 21.4 Å². The number of benzene rings is 3. The molecule has 0 amide bonds. The number of anilines is 1. The van der Waals surface area contributed by atoms with Crippen molar-refractivity contribution in [2.75, 3.05) is 11.9 Å². The molecule has 2 heterocycles. The van der Waals surface area contributed by atoms with E-state index in [1.807, 2.05) is 64.2 Å². The highest BCUT2D eigenvalue weighted by Crippen LogP contribution is 2.48. The molecule has 0 saturated carbocycles. The van der Waals surface area contributed by atoms with Gasteiger partial charge in [-0.05, 0) is 37.6 Å². The fourth-order valence-corrected chi connectivity index (χ4v) is 6.85. The van der Waals surface area contributed by atoms with E-state index in [9.17, 15) is 9.59 Å². The van der Waals surface area contributed by atoms with Gasteiger partial charge in [-0.25, -0.2) is 0 Å². The molecule has 4 nitrogen and oxygen atoms in total. The molecule has 1 aliphatic rings. The van der Waals surface area contributed by atoms with E-state index in [0.29, 0.717) is 22.2 Å². The minimum atomic E-state index is -0.0447. The summed E-state index contributed by atoms with van der Waals surface area (Å²) < 4.78 is 3.13. The molecule has 166 valence electrons. The van der Waals surface area contributed by atoms with Crippen LogP contribution in [-0.4, -0.2) is 17.4 Å². The van der Waals surface area contributed by atoms with Crippen LogP contribution in [0.5, 0.6) is 0 Å². The highest BCUT2D eigenvalue weighted by Gasteiger charge is 2.26. The lowest BCUT2D eigenvalue weighted by molar-refractivity contribution is 0.105. The van der Waals surface area contributed by atoms with Crippen molar-refractivity contribution in [1.29, 1.82) is 0 Å². The van der Waals surface area contributed by atoms with E-state index in [1.165, 1.54) is 27.0 Å². The number of carbonyl (C=O) groups excluding carboxylic acids is 1. The molecule has 1 aromatic heterocycles. The topological polar surface area (TPSA) is 42.3 Å². The van der Waals surface area contributed by atoms with Crippen LogP contribution in [0.1, 0.15) is 29.8 Å². The van der Waals surface area contributed by atoms with Crippen molar-refractivity contribution in [2.45, 2.75) is 32.2 Å². The highest BCUT2D eigenvalue weighted by molar-refractivity contribution is 8.09. The molecule has 0 fully saturated rings. The average Bonchev–Trinajstić information content (AvgIpc) is 3.34. The smallest absolute Gasteiger partial charge is 0.271 e. The normalized spacial score (nSPS) is 15.7. The third-order valence-corrected chi connectivity index (χ3v) is 8.82. The molecule has 0 atom stereocenters. The molecule has 33 heavy (non-hydrogen) atoms. The van der Waals surface area contributed by atoms with Crippen LogP contribution in [0.2, 0.25) is 0 Å². The number of fused-ring (bicyclic) bond motifs is 3. The first-order chi connectivity index (χ1) is 15.9. The number of hydrogen-bond acceptors (Lipinski definition) is 5. The maximum atomic E-state index is 13.5. The van der Waals surface area contributed by atoms with Crippen LogP contribution >= 0.6 is 23.1 Å². The first-order valence-corrected chi connectivity index (χ1v) is 12.5. The van der Waals surface area contributed by atoms with Crippen molar-refractivity contribution < 1.29 is 4.79 Å². The number of thioether (sulfide) groups is 1. The van der Waals surface area contributed by atoms with Crippen molar-refractivity contribution in [3.8, 4) is 0 Å². The molecule has 1 aliphatic heterocycles. The van der Waals surface area contributed by atoms with E-state index in [0.717, 1.165) is 20.9 Å². The second-order valence-corrected chi connectivity index (χ2v) is 10.2. The van der Waals surface area contributed by atoms with Gasteiger partial charge in [0, 0.05) is 29.6 Å². The molecular weight excluding hydrogens is 448 g/mol. The monoisotopic (exact) mass is 472 g/mol. The third-order valence-electron chi connectivity index (χ3n) is 6.09. The number of Topliss-reactive ketones (excluding diaryl/α,β-unsaturated/α-hetero) is 1. The molecule has 5 rings (SSSR count). The van der Waals surface area contributed by atoms with E-state index in [1.54, 1.807) is 16.3 Å². The van der Waals surface area contributed by atoms with E-state index < -0.39 is 0 Å². The summed E-state index contributed by atoms with van der Waals surface area (Å²) in [4.78, 5) is 29.9. The van der Waals surface area contributed by atoms with Gasteiger partial charge in [-0.2, -0.15) is 0 Å². The first-order valence-electron chi connectivity index (χ1n) is 10.9. The third kappa shape index (κ3) is 3.54. The SMILES string of the molecule is CCn1c(=O)/c(=C2/Sc3c(ccc4ccccc34)N2C)s/c1=C(\C)C(=O)c1ccc(C)cc1. The Morgan fingerprint density at radius 3 is 2.45 bits per heavy atom. The van der Waals surface area contributed by atoms with Gasteiger partial charge in [-0.3, -0.25) is 14.2 Å². The Bertz CT molecular complexity index is 1590. The summed E-state index contributed by atoms with van der Waals surface area (Å²) in [6.45, 7) is 6.28. The van der Waals surface area contributed by atoms with E-state index in [4.69, 9.17) is 0 Å². The molecular formula is C27H24N2O2S2. The second-order valence-electron chi connectivity index (χ2n) is 8.21. The lowest BCUT2D eigenvalue weighted by Gasteiger charge is -2.12. The van der Waals surface area contributed by atoms with Gasteiger partial charge in [0.25, 0.3) is 5.56 Å². The number of nitrogens with zero attached hydrogens (tertiary/aromatic N) is 2. The number of ketones is 1. The molecule has 3 aromatic carbocycles. The van der Waals surface area contributed by atoms with Gasteiger partial charge in [0.2, 0.25) is 0 Å². The van der Waals surface area contributed by atoms with Crippen molar-refractivity contribution in [3.05, 3.63) is 91.3 Å². The molecule has 0 unspecified atom stereocenters. The zero-order chi connectivity index (χ0) is 23.3. The number of thiazole rings is 1. The van der Waals surface area contributed by atoms with E-state index in [-0.39, 0.29) is 11.3 Å². The van der Waals surface area contributed by atoms with E-state index in [2.05, 4.69) is 29.2 Å². The minimum absolute atomic E-state index is 0.0417. The Labute approximate surface area is 200 Å². The van der Waals surface area contributed by atoms with Crippen LogP contribution in [0, 0.1) is 6.92 Å². The summed E-state index contributed by atoms with van der Waals surface area (Å²) in [6.07, 6.45) is 0. The van der Waals surface area contributed by atoms with Gasteiger partial charge in [0.05, 0.1) is 5.69 Å². The maximum Gasteiger partial charge on any atom is 0.271 e. The minimum Gasteiger partial charge on any atom is -0.337 e. The summed E-state index contributed by atoms with van der Waals surface area (Å²) >= 11 is 3.05. The number of aryl methyl sites for hydroxylation is 1. The van der Waals surface area contributed by atoms with Crippen LogP contribution in [-0.2, 0) is 6.54 Å². The summed E-state index contributed by atoms with van der Waals surface area (Å²) in [5.41, 5.74) is 3.41. The van der Waals surface area contributed by atoms with Crippen molar-refractivity contribution >= 4 is 55.9 Å². The van der Waals surface area contributed by atoms with Crippen LogP contribution in [0.4, 0.5) is 5.69 Å². The van der Waals surface area contributed by atoms with Gasteiger partial charge >= 0.3 is 0 Å². The number of carbonyl (C=O) groups is 1. The fraction of sp³-hybridized carbons (Fsp3) is 0.185. The zero-order valence-electron chi connectivity index (χ0n) is 19.0. The van der Waals surface area contributed by atoms with E-state index >= 15 is 0 Å². The Hall–Kier alpha value is -3.09. The summed E-state index contributed by atoms with van der Waals surface area (Å²) in [5, 5.41) is 3.29. The molecule has 0 bridgehead atoms. The fourth-order valence-electron chi connectivity index (χ4n) is 4.21. The molecule has 0 spiro atoms. The lowest BCUT2D eigenvalue weighted by atomic mass is 10.0. The predicted molar refractivity (Wildman–Crippen MR) is 140 cm³/mol. The largest absolute Gasteiger partial charge is 0.337 e. The van der Waals surface area contributed by atoms with Crippen molar-refractivity contribution in [1.82, 2.24) is 4.57 Å². The maximum absolute atomic E-state index is 13.5. The van der Waals surface area contributed by atoms with Crippen molar-refractivity contribution in [2.24, 2.45) is 0 Å². The zero-order valence-corrected chi connectivity index (χ0v) is 20.6. The average molecular weight is 473 g/mol. The molecule has 0 radical (unpaired) electrons. The molecule has 0 aliphatic carbocycles.